The Morgan fingerprint density at radius 3 is 2.24 bits per heavy atom. The molecule has 0 aliphatic carbocycles. The first-order valence-corrected chi connectivity index (χ1v) is 9.79. The quantitative estimate of drug-likeness (QED) is 0.754. The summed E-state index contributed by atoms with van der Waals surface area (Å²) in [6.07, 6.45) is 0.423. The van der Waals surface area contributed by atoms with E-state index < -0.39 is 28.1 Å². The van der Waals surface area contributed by atoms with E-state index in [1.807, 2.05) is 0 Å². The van der Waals surface area contributed by atoms with Crippen LogP contribution in [0.4, 0.5) is 0 Å². The molecule has 25 heavy (non-hydrogen) atoms. The molecule has 3 atom stereocenters. The van der Waals surface area contributed by atoms with Crippen molar-refractivity contribution in [1.29, 1.82) is 0 Å². The lowest BCUT2D eigenvalue weighted by molar-refractivity contribution is -0.139. The fourth-order valence-electron chi connectivity index (χ4n) is 3.48. The van der Waals surface area contributed by atoms with E-state index in [2.05, 4.69) is 0 Å². The minimum absolute atomic E-state index is 0.0827. The molecule has 2 aliphatic heterocycles. The van der Waals surface area contributed by atoms with Crippen LogP contribution in [0, 0.1) is 0 Å². The normalized spacial score (nSPS) is 28.2. The summed E-state index contributed by atoms with van der Waals surface area (Å²) >= 11 is 5.83. The lowest BCUT2D eigenvalue weighted by Gasteiger charge is -2.29. The Labute approximate surface area is 152 Å². The molecule has 0 saturated carbocycles. The van der Waals surface area contributed by atoms with Crippen LogP contribution in [0.2, 0.25) is 5.02 Å². The number of amides is 2. The third-order valence-corrected chi connectivity index (χ3v) is 7.27. The molecular weight excluding hydrogens is 366 g/mol. The zero-order valence-corrected chi connectivity index (χ0v) is 15.8. The van der Waals surface area contributed by atoms with Crippen molar-refractivity contribution in [3.05, 3.63) is 29.3 Å². The van der Waals surface area contributed by atoms with E-state index in [-0.39, 0.29) is 23.3 Å². The smallest absolute Gasteiger partial charge is 0.245 e. The molecule has 2 fully saturated rings. The molecule has 0 N–H and O–H groups in total. The Hall–Kier alpha value is -1.64. The predicted octanol–water partition coefficient (Wildman–Crippen LogP) is 0.790. The molecule has 7 nitrogen and oxygen atoms in total. The first kappa shape index (κ1) is 18.2. The number of hydrogen-bond donors (Lipinski definition) is 0. The van der Waals surface area contributed by atoms with E-state index in [4.69, 9.17) is 11.6 Å². The van der Waals surface area contributed by atoms with E-state index in [0.717, 1.165) is 0 Å². The number of sulfonamides is 1. The van der Waals surface area contributed by atoms with Gasteiger partial charge in [-0.3, -0.25) is 9.59 Å². The van der Waals surface area contributed by atoms with Gasteiger partial charge in [0.2, 0.25) is 21.8 Å². The van der Waals surface area contributed by atoms with Crippen LogP contribution >= 0.6 is 11.6 Å². The number of carbonyl (C=O) groups is 2. The molecule has 0 spiro atoms. The maximum atomic E-state index is 13.0. The predicted molar refractivity (Wildman–Crippen MR) is 92.5 cm³/mol. The van der Waals surface area contributed by atoms with Crippen LogP contribution in [0.15, 0.2) is 29.2 Å². The second kappa shape index (κ2) is 6.26. The van der Waals surface area contributed by atoms with E-state index >= 15 is 0 Å². The van der Waals surface area contributed by atoms with E-state index in [0.29, 0.717) is 11.4 Å². The van der Waals surface area contributed by atoms with Gasteiger partial charge in [-0.2, -0.15) is 4.31 Å². The van der Waals surface area contributed by atoms with Crippen molar-refractivity contribution in [3.63, 3.8) is 0 Å². The van der Waals surface area contributed by atoms with Gasteiger partial charge in [-0.1, -0.05) is 11.6 Å². The second-order valence-electron chi connectivity index (χ2n) is 6.44. The topological polar surface area (TPSA) is 78.0 Å². The van der Waals surface area contributed by atoms with Crippen molar-refractivity contribution < 1.29 is 18.0 Å². The number of halogens is 1. The third kappa shape index (κ3) is 2.82. The molecule has 0 aromatic heterocycles. The highest BCUT2D eigenvalue weighted by Crippen LogP contribution is 2.32. The monoisotopic (exact) mass is 385 g/mol. The number of likely N-dealkylation sites (N-methyl/N-ethyl adjacent to an activating group) is 2. The standard InChI is InChI=1S/C16H20ClN3O4S/c1-10-15(21)19(3)13-8-9-20(14(13)16(22)18(10)2)25(23,24)12-6-4-11(17)5-7-12/h4-7,10,13-14H,8-9H2,1-3H3/t10-,13+,14-/m0/s1. The molecule has 1 aromatic rings. The molecule has 2 saturated heterocycles. The number of hydrogen-bond acceptors (Lipinski definition) is 4. The molecule has 3 rings (SSSR count). The lowest BCUT2D eigenvalue weighted by atomic mass is 10.1. The van der Waals surface area contributed by atoms with E-state index in [1.54, 1.807) is 14.0 Å². The summed E-state index contributed by atoms with van der Waals surface area (Å²) in [4.78, 5) is 28.3. The van der Waals surface area contributed by atoms with Crippen molar-refractivity contribution in [2.45, 2.75) is 36.4 Å². The zero-order valence-electron chi connectivity index (χ0n) is 14.2. The maximum absolute atomic E-state index is 13.0. The Bertz CT molecular complexity index is 811. The number of rotatable bonds is 2. The molecule has 136 valence electrons. The van der Waals surface area contributed by atoms with E-state index in [1.165, 1.54) is 45.4 Å². The summed E-state index contributed by atoms with van der Waals surface area (Å²) < 4.78 is 27.3. The fraction of sp³-hybridized carbons (Fsp3) is 0.500. The highest BCUT2D eigenvalue weighted by atomic mass is 35.5. The number of benzene rings is 1. The lowest BCUT2D eigenvalue weighted by Crippen LogP contribution is -2.51. The largest absolute Gasteiger partial charge is 0.339 e. The highest BCUT2D eigenvalue weighted by molar-refractivity contribution is 7.89. The van der Waals surface area contributed by atoms with Crippen molar-refractivity contribution in [2.75, 3.05) is 20.6 Å². The minimum Gasteiger partial charge on any atom is -0.339 e. The van der Waals surface area contributed by atoms with Crippen LogP contribution in [-0.2, 0) is 19.6 Å². The van der Waals surface area contributed by atoms with Crippen LogP contribution in [0.5, 0.6) is 0 Å². The number of carbonyl (C=O) groups excluding carboxylic acids is 2. The summed E-state index contributed by atoms with van der Waals surface area (Å²) in [5.41, 5.74) is 0. The van der Waals surface area contributed by atoms with Crippen LogP contribution < -0.4 is 0 Å². The average molecular weight is 386 g/mol. The summed E-state index contributed by atoms with van der Waals surface area (Å²) in [6, 6.07) is 3.85. The Kier molecular flexibility index (Phi) is 4.55. The molecule has 1 aromatic carbocycles. The summed E-state index contributed by atoms with van der Waals surface area (Å²) in [6.45, 7) is 1.84. The summed E-state index contributed by atoms with van der Waals surface area (Å²) in [7, 11) is -0.707. The van der Waals surface area contributed by atoms with Gasteiger partial charge in [0.05, 0.1) is 10.9 Å². The second-order valence-corrected chi connectivity index (χ2v) is 8.77. The van der Waals surface area contributed by atoms with Crippen LogP contribution in [-0.4, -0.2) is 73.1 Å². The van der Waals surface area contributed by atoms with Gasteiger partial charge in [0.25, 0.3) is 0 Å². The highest BCUT2D eigenvalue weighted by Gasteiger charge is 2.52. The SMILES string of the molecule is C[C@H]1C(=O)N(C)[C@@H]2CCN(S(=O)(=O)c3ccc(Cl)cc3)[C@@H]2C(=O)N1C. The molecule has 2 amide bonds. The number of fused-ring (bicyclic) bond motifs is 1. The van der Waals surface area contributed by atoms with Gasteiger partial charge in [0.15, 0.2) is 0 Å². The van der Waals surface area contributed by atoms with Crippen LogP contribution in [0.3, 0.4) is 0 Å². The maximum Gasteiger partial charge on any atom is 0.245 e. The molecule has 2 aliphatic rings. The molecule has 9 heteroatoms. The molecule has 2 heterocycles. The van der Waals surface area contributed by atoms with Gasteiger partial charge in [-0.15, -0.1) is 0 Å². The first-order valence-electron chi connectivity index (χ1n) is 7.97. The Balaban J connectivity index is 2.03. The van der Waals surface area contributed by atoms with E-state index in [9.17, 15) is 18.0 Å². The van der Waals surface area contributed by atoms with Crippen molar-refractivity contribution in [2.24, 2.45) is 0 Å². The summed E-state index contributed by atoms with van der Waals surface area (Å²) in [5.74, 6) is -0.542. The van der Waals surface area contributed by atoms with Crippen LogP contribution in [0.1, 0.15) is 13.3 Å². The van der Waals surface area contributed by atoms with Crippen molar-refractivity contribution in [3.8, 4) is 0 Å². The minimum atomic E-state index is -3.87. The van der Waals surface area contributed by atoms with Gasteiger partial charge >= 0.3 is 0 Å². The Morgan fingerprint density at radius 1 is 1.04 bits per heavy atom. The first-order chi connectivity index (χ1) is 11.7. The van der Waals surface area contributed by atoms with Gasteiger partial charge in [0, 0.05) is 25.7 Å². The molecule has 0 bridgehead atoms. The van der Waals surface area contributed by atoms with Gasteiger partial charge in [-0.25, -0.2) is 8.42 Å². The fourth-order valence-corrected chi connectivity index (χ4v) is 5.23. The van der Waals surface area contributed by atoms with Crippen LogP contribution in [0.25, 0.3) is 0 Å². The molecular formula is C16H20ClN3O4S. The Morgan fingerprint density at radius 2 is 1.64 bits per heavy atom. The van der Waals surface area contributed by atoms with Gasteiger partial charge < -0.3 is 9.80 Å². The molecule has 0 radical (unpaired) electrons. The molecule has 0 unspecified atom stereocenters. The third-order valence-electron chi connectivity index (χ3n) is 5.12. The van der Waals surface area contributed by atoms with Crippen molar-refractivity contribution in [1.82, 2.24) is 14.1 Å². The van der Waals surface area contributed by atoms with Gasteiger partial charge in [0.1, 0.15) is 12.1 Å². The average Bonchev–Trinajstić information content (AvgIpc) is 3.02. The number of nitrogens with zero attached hydrogens (tertiary/aromatic N) is 3. The van der Waals surface area contributed by atoms with Gasteiger partial charge in [-0.05, 0) is 37.6 Å². The zero-order chi connectivity index (χ0) is 18.5. The summed E-state index contributed by atoms with van der Waals surface area (Å²) in [5, 5.41) is 0.433. The van der Waals surface area contributed by atoms with Crippen molar-refractivity contribution >= 4 is 33.4 Å².